The van der Waals surface area contributed by atoms with E-state index in [9.17, 15) is 18.0 Å². The van der Waals surface area contributed by atoms with Crippen molar-refractivity contribution in [1.29, 1.82) is 0 Å². The predicted molar refractivity (Wildman–Crippen MR) is 109 cm³/mol. The molecule has 2 aromatic rings. The molecule has 9 heteroatoms. The number of carbonyl (C=O) groups excluding carboxylic acids is 2. The molecular formula is C21H20N4O4S. The average molecular weight is 424 g/mol. The molecule has 2 heterocycles. The van der Waals surface area contributed by atoms with Crippen molar-refractivity contribution in [1.82, 2.24) is 9.97 Å². The van der Waals surface area contributed by atoms with Crippen molar-refractivity contribution in [3.05, 3.63) is 53.9 Å². The van der Waals surface area contributed by atoms with Crippen LogP contribution in [-0.2, 0) is 19.6 Å². The first-order chi connectivity index (χ1) is 14.2. The summed E-state index contributed by atoms with van der Waals surface area (Å²) in [6.45, 7) is 3.50. The molecule has 2 bridgehead atoms. The number of rotatable bonds is 4. The lowest BCUT2D eigenvalue weighted by Gasteiger charge is -2.17. The zero-order chi connectivity index (χ0) is 21.2. The van der Waals surface area contributed by atoms with E-state index < -0.39 is 10.0 Å². The molecule has 0 radical (unpaired) electrons. The Morgan fingerprint density at radius 1 is 0.933 bits per heavy atom. The van der Waals surface area contributed by atoms with E-state index in [4.69, 9.17) is 0 Å². The maximum atomic E-state index is 12.9. The molecule has 4 atom stereocenters. The number of carbonyl (C=O) groups is 2. The Hall–Kier alpha value is -3.07. The Balaban J connectivity index is 1.39. The molecule has 1 N–H and O–H groups in total. The first-order valence-electron chi connectivity index (χ1n) is 9.76. The van der Waals surface area contributed by atoms with Crippen LogP contribution in [0.25, 0.3) is 0 Å². The summed E-state index contributed by atoms with van der Waals surface area (Å²) in [5.41, 5.74) is 1.69. The molecular weight excluding hydrogens is 404 g/mol. The maximum Gasteiger partial charge on any atom is 0.264 e. The van der Waals surface area contributed by atoms with Crippen molar-refractivity contribution >= 4 is 33.5 Å². The van der Waals surface area contributed by atoms with E-state index in [1.807, 2.05) is 12.2 Å². The largest absolute Gasteiger partial charge is 0.274 e. The molecule has 1 saturated heterocycles. The minimum Gasteiger partial charge on any atom is -0.274 e. The van der Waals surface area contributed by atoms with Crippen molar-refractivity contribution in [3.8, 4) is 0 Å². The van der Waals surface area contributed by atoms with Gasteiger partial charge in [-0.25, -0.2) is 23.1 Å². The standard InChI is InChI=1S/C21H20N4O4S/c1-11-9-12(2)23-21(22-11)24-30(28,29)16-7-5-15(6-8-16)25-19(26)17-13-3-4-14(10-13)18(17)20(25)27/h3-9,13-14,17-18H,10H2,1-2H3,(H,22,23,24)/t13-,14+,17-,18+. The molecule has 1 aromatic heterocycles. The summed E-state index contributed by atoms with van der Waals surface area (Å²) in [5, 5.41) is 0. The molecule has 2 fully saturated rings. The molecule has 0 spiro atoms. The number of sulfonamides is 1. The van der Waals surface area contributed by atoms with Crippen LogP contribution in [0.2, 0.25) is 0 Å². The van der Waals surface area contributed by atoms with Crippen molar-refractivity contribution in [3.63, 3.8) is 0 Å². The number of aromatic nitrogens is 2. The number of anilines is 2. The number of nitrogens with one attached hydrogen (secondary N) is 1. The monoisotopic (exact) mass is 424 g/mol. The van der Waals surface area contributed by atoms with E-state index in [1.54, 1.807) is 19.9 Å². The van der Waals surface area contributed by atoms with Gasteiger partial charge in [-0.1, -0.05) is 12.2 Å². The molecule has 3 aliphatic rings. The highest BCUT2D eigenvalue weighted by atomic mass is 32.2. The zero-order valence-corrected chi connectivity index (χ0v) is 17.3. The van der Waals surface area contributed by atoms with Gasteiger partial charge in [0, 0.05) is 11.4 Å². The van der Waals surface area contributed by atoms with Crippen LogP contribution in [-0.4, -0.2) is 30.2 Å². The molecule has 2 amide bonds. The van der Waals surface area contributed by atoms with Gasteiger partial charge in [0.1, 0.15) is 0 Å². The van der Waals surface area contributed by atoms with E-state index in [1.165, 1.54) is 29.2 Å². The lowest BCUT2D eigenvalue weighted by molar-refractivity contribution is -0.123. The van der Waals surface area contributed by atoms with Gasteiger partial charge < -0.3 is 0 Å². The van der Waals surface area contributed by atoms with Gasteiger partial charge in [0.15, 0.2) is 0 Å². The van der Waals surface area contributed by atoms with E-state index >= 15 is 0 Å². The van der Waals surface area contributed by atoms with Crippen molar-refractivity contribution in [2.75, 3.05) is 9.62 Å². The highest BCUT2D eigenvalue weighted by molar-refractivity contribution is 7.92. The van der Waals surface area contributed by atoms with Crippen LogP contribution in [0.4, 0.5) is 11.6 Å². The third-order valence-electron chi connectivity index (χ3n) is 6.08. The lowest BCUT2D eigenvalue weighted by atomic mass is 9.85. The number of benzene rings is 1. The molecule has 5 rings (SSSR count). The van der Waals surface area contributed by atoms with Crippen LogP contribution in [0.1, 0.15) is 17.8 Å². The van der Waals surface area contributed by atoms with E-state index in [-0.39, 0.29) is 46.3 Å². The minimum absolute atomic E-state index is 0.00252. The summed E-state index contributed by atoms with van der Waals surface area (Å²) in [7, 11) is -3.91. The molecule has 1 aromatic carbocycles. The average Bonchev–Trinajstić information content (AvgIpc) is 3.34. The topological polar surface area (TPSA) is 109 Å². The number of nitrogens with zero attached hydrogens (tertiary/aromatic N) is 3. The van der Waals surface area contributed by atoms with Gasteiger partial charge in [-0.15, -0.1) is 0 Å². The van der Waals surface area contributed by atoms with Crippen LogP contribution < -0.4 is 9.62 Å². The van der Waals surface area contributed by atoms with Gasteiger partial charge in [-0.2, -0.15) is 0 Å². The van der Waals surface area contributed by atoms with Crippen LogP contribution >= 0.6 is 0 Å². The number of allylic oxidation sites excluding steroid dienone is 2. The van der Waals surface area contributed by atoms with E-state index in [2.05, 4.69) is 14.7 Å². The van der Waals surface area contributed by atoms with Gasteiger partial charge in [0.25, 0.3) is 10.0 Å². The third kappa shape index (κ3) is 2.84. The summed E-state index contributed by atoms with van der Waals surface area (Å²) in [6, 6.07) is 7.48. The number of amides is 2. The fourth-order valence-electron chi connectivity index (χ4n) is 4.88. The second-order valence-corrected chi connectivity index (χ2v) is 9.77. The first-order valence-corrected chi connectivity index (χ1v) is 11.2. The summed E-state index contributed by atoms with van der Waals surface area (Å²) in [4.78, 5) is 35.2. The number of imide groups is 1. The molecule has 2 aliphatic carbocycles. The Morgan fingerprint density at radius 3 is 2.00 bits per heavy atom. The van der Waals surface area contributed by atoms with Crippen molar-refractivity contribution in [2.24, 2.45) is 23.7 Å². The summed E-state index contributed by atoms with van der Waals surface area (Å²) < 4.78 is 27.8. The highest BCUT2D eigenvalue weighted by Crippen LogP contribution is 2.53. The Bertz CT molecular complexity index is 1160. The van der Waals surface area contributed by atoms with Gasteiger partial charge in [-0.3, -0.25) is 14.5 Å². The minimum atomic E-state index is -3.91. The maximum absolute atomic E-state index is 12.9. The van der Waals surface area contributed by atoms with Crippen molar-refractivity contribution < 1.29 is 18.0 Å². The SMILES string of the molecule is Cc1cc(C)nc(NS(=O)(=O)c2ccc(N3C(=O)[C@@H]4[C@H](C3=O)[C@@H]3C=C[C@H]4C3)cc2)n1. The molecule has 1 saturated carbocycles. The quantitative estimate of drug-likeness (QED) is 0.595. The highest BCUT2D eigenvalue weighted by Gasteiger charge is 2.59. The van der Waals surface area contributed by atoms with E-state index in [0.717, 1.165) is 6.42 Å². The molecule has 0 unspecified atom stereocenters. The fourth-order valence-corrected chi connectivity index (χ4v) is 5.83. The summed E-state index contributed by atoms with van der Waals surface area (Å²) in [6.07, 6.45) is 4.94. The first kappa shape index (κ1) is 18.9. The zero-order valence-electron chi connectivity index (χ0n) is 16.4. The Labute approximate surface area is 174 Å². The molecule has 1 aliphatic heterocycles. The van der Waals surface area contributed by atoms with Gasteiger partial charge in [-0.05, 0) is 62.4 Å². The second-order valence-electron chi connectivity index (χ2n) is 8.09. The van der Waals surface area contributed by atoms with Gasteiger partial charge in [0.2, 0.25) is 17.8 Å². The smallest absolute Gasteiger partial charge is 0.264 e. The van der Waals surface area contributed by atoms with Crippen LogP contribution in [0.15, 0.2) is 47.4 Å². The number of hydrogen-bond acceptors (Lipinski definition) is 6. The number of fused-ring (bicyclic) bond motifs is 5. The molecule has 154 valence electrons. The van der Waals surface area contributed by atoms with Crippen LogP contribution in [0, 0.1) is 37.5 Å². The van der Waals surface area contributed by atoms with E-state index in [0.29, 0.717) is 17.1 Å². The van der Waals surface area contributed by atoms with Gasteiger partial charge >= 0.3 is 0 Å². The Kier molecular flexibility index (Phi) is 4.08. The second kappa shape index (κ2) is 6.46. The Morgan fingerprint density at radius 2 is 1.47 bits per heavy atom. The molecule has 30 heavy (non-hydrogen) atoms. The van der Waals surface area contributed by atoms with Crippen molar-refractivity contribution in [2.45, 2.75) is 25.2 Å². The normalized spacial score (nSPS) is 27.1. The number of aryl methyl sites for hydroxylation is 2. The number of hydrogen-bond donors (Lipinski definition) is 1. The van der Waals surface area contributed by atoms with Gasteiger partial charge in [0.05, 0.1) is 22.4 Å². The summed E-state index contributed by atoms with van der Waals surface area (Å²) in [5.74, 6) is -0.722. The van der Waals surface area contributed by atoms with Crippen LogP contribution in [0.3, 0.4) is 0 Å². The predicted octanol–water partition coefficient (Wildman–Crippen LogP) is 2.21. The fraction of sp³-hybridized carbons (Fsp3) is 0.333. The third-order valence-corrected chi connectivity index (χ3v) is 7.43. The molecule has 8 nitrogen and oxygen atoms in total. The van der Waals surface area contributed by atoms with Crippen LogP contribution in [0.5, 0.6) is 0 Å². The summed E-state index contributed by atoms with van der Waals surface area (Å²) >= 11 is 0. The lowest BCUT2D eigenvalue weighted by Crippen LogP contribution is -2.32.